The molecule has 2 aromatic rings. The predicted octanol–water partition coefficient (Wildman–Crippen LogP) is 4.62. The van der Waals surface area contributed by atoms with Crippen LogP contribution in [-0.2, 0) is 4.75 Å². The van der Waals surface area contributed by atoms with Gasteiger partial charge in [-0.2, -0.15) is 0 Å². The van der Waals surface area contributed by atoms with Gasteiger partial charge in [-0.15, -0.1) is 11.8 Å². The molecule has 0 atom stereocenters. The normalized spacial score (nSPS) is 11.3. The maximum atomic E-state index is 10.6. The molecule has 98 valence electrons. The van der Waals surface area contributed by atoms with Crippen LogP contribution in [0.15, 0.2) is 59.5 Å². The Labute approximate surface area is 116 Å². The molecule has 0 N–H and O–H groups in total. The Morgan fingerprint density at radius 1 is 1.00 bits per heavy atom. The lowest BCUT2D eigenvalue weighted by atomic mass is 10.0. The summed E-state index contributed by atoms with van der Waals surface area (Å²) in [7, 11) is 0. The number of thioether (sulfide) groups is 1. The molecule has 4 heteroatoms. The summed E-state index contributed by atoms with van der Waals surface area (Å²) in [5.41, 5.74) is 1.36. The topological polar surface area (TPSA) is 43.1 Å². The minimum Gasteiger partial charge on any atom is -0.258 e. The average molecular weight is 273 g/mol. The molecule has 0 aromatic heterocycles. The number of benzene rings is 2. The zero-order valence-electron chi connectivity index (χ0n) is 10.9. The van der Waals surface area contributed by atoms with E-state index < -0.39 is 0 Å². The molecule has 0 spiro atoms. The monoisotopic (exact) mass is 273 g/mol. The zero-order chi connectivity index (χ0) is 13.9. The third-order valence-electron chi connectivity index (χ3n) is 2.89. The lowest BCUT2D eigenvalue weighted by Crippen LogP contribution is -2.11. The van der Waals surface area contributed by atoms with Gasteiger partial charge in [0.2, 0.25) is 0 Å². The highest BCUT2D eigenvalue weighted by molar-refractivity contribution is 8.00. The van der Waals surface area contributed by atoms with Crippen molar-refractivity contribution in [3.63, 3.8) is 0 Å². The van der Waals surface area contributed by atoms with E-state index >= 15 is 0 Å². The number of nitrogens with zero attached hydrogens (tertiary/aromatic N) is 1. The number of hydrogen-bond donors (Lipinski definition) is 0. The smallest absolute Gasteiger partial charge is 0.258 e. The van der Waals surface area contributed by atoms with Gasteiger partial charge in [-0.25, -0.2) is 0 Å². The first-order valence-electron chi connectivity index (χ1n) is 5.98. The second kappa shape index (κ2) is 5.45. The van der Waals surface area contributed by atoms with Crippen molar-refractivity contribution in [2.24, 2.45) is 0 Å². The lowest BCUT2D eigenvalue weighted by molar-refractivity contribution is -0.384. The van der Waals surface area contributed by atoms with Gasteiger partial charge in [-0.1, -0.05) is 30.3 Å². The fraction of sp³-hybridized carbons (Fsp3) is 0.200. The van der Waals surface area contributed by atoms with E-state index in [0.29, 0.717) is 0 Å². The Morgan fingerprint density at radius 3 is 2.11 bits per heavy atom. The summed E-state index contributed by atoms with van der Waals surface area (Å²) in [5.74, 6) is 0. The van der Waals surface area contributed by atoms with Crippen molar-refractivity contribution in [3.05, 3.63) is 70.3 Å². The van der Waals surface area contributed by atoms with E-state index in [-0.39, 0.29) is 15.4 Å². The molecule has 0 aliphatic heterocycles. The SMILES string of the molecule is CC(C)(Sc1ccc([N+](=O)[O-])cc1)c1ccccc1. The summed E-state index contributed by atoms with van der Waals surface area (Å²) in [6.45, 7) is 4.29. The molecule has 0 bridgehead atoms. The Bertz CT molecular complexity index is 564. The van der Waals surface area contributed by atoms with Crippen molar-refractivity contribution in [1.29, 1.82) is 0 Å². The van der Waals surface area contributed by atoms with Crippen molar-refractivity contribution < 1.29 is 4.92 Å². The Morgan fingerprint density at radius 2 is 1.58 bits per heavy atom. The zero-order valence-corrected chi connectivity index (χ0v) is 11.7. The highest BCUT2D eigenvalue weighted by atomic mass is 32.2. The predicted molar refractivity (Wildman–Crippen MR) is 78.4 cm³/mol. The molecule has 2 rings (SSSR count). The van der Waals surface area contributed by atoms with Crippen LogP contribution in [0.4, 0.5) is 5.69 Å². The largest absolute Gasteiger partial charge is 0.269 e. The van der Waals surface area contributed by atoms with Crippen LogP contribution < -0.4 is 0 Å². The molecular weight excluding hydrogens is 258 g/mol. The summed E-state index contributed by atoms with van der Waals surface area (Å²) in [6.07, 6.45) is 0. The first kappa shape index (κ1) is 13.6. The van der Waals surface area contributed by atoms with Crippen LogP contribution in [-0.4, -0.2) is 4.92 Å². The van der Waals surface area contributed by atoms with Crippen LogP contribution in [0, 0.1) is 10.1 Å². The summed E-state index contributed by atoms with van der Waals surface area (Å²) < 4.78 is -0.0720. The van der Waals surface area contributed by atoms with Crippen LogP contribution in [0.3, 0.4) is 0 Å². The lowest BCUT2D eigenvalue weighted by Gasteiger charge is -2.24. The van der Waals surface area contributed by atoms with Gasteiger partial charge < -0.3 is 0 Å². The summed E-state index contributed by atoms with van der Waals surface area (Å²) in [6, 6.07) is 16.9. The van der Waals surface area contributed by atoms with Crippen molar-refractivity contribution in [1.82, 2.24) is 0 Å². The molecule has 0 aliphatic rings. The minimum absolute atomic E-state index is 0.0720. The molecular formula is C15H15NO2S. The van der Waals surface area contributed by atoms with Crippen molar-refractivity contribution >= 4 is 17.4 Å². The molecule has 0 radical (unpaired) electrons. The van der Waals surface area contributed by atoms with E-state index in [2.05, 4.69) is 26.0 Å². The molecule has 0 fully saturated rings. The first-order valence-corrected chi connectivity index (χ1v) is 6.80. The molecule has 3 nitrogen and oxygen atoms in total. The molecule has 0 saturated carbocycles. The van der Waals surface area contributed by atoms with E-state index in [1.807, 2.05) is 18.2 Å². The van der Waals surface area contributed by atoms with E-state index in [9.17, 15) is 10.1 Å². The third-order valence-corrected chi connectivity index (χ3v) is 4.14. The number of non-ortho nitro benzene ring substituents is 1. The number of hydrogen-bond acceptors (Lipinski definition) is 3. The molecule has 0 saturated heterocycles. The third kappa shape index (κ3) is 3.35. The van der Waals surface area contributed by atoms with Crippen molar-refractivity contribution in [3.8, 4) is 0 Å². The van der Waals surface area contributed by atoms with Gasteiger partial charge in [-0.3, -0.25) is 10.1 Å². The number of rotatable bonds is 4. The van der Waals surface area contributed by atoms with Gasteiger partial charge in [0.1, 0.15) is 0 Å². The molecule has 0 heterocycles. The average Bonchev–Trinajstić information content (AvgIpc) is 2.40. The van der Waals surface area contributed by atoms with Crippen LogP contribution in [0.2, 0.25) is 0 Å². The number of nitro benzene ring substituents is 1. The Kier molecular flexibility index (Phi) is 3.90. The van der Waals surface area contributed by atoms with E-state index in [0.717, 1.165) is 4.90 Å². The second-order valence-corrected chi connectivity index (χ2v) is 6.43. The molecule has 0 amide bonds. The van der Waals surface area contributed by atoms with Gasteiger partial charge in [0.05, 0.1) is 4.92 Å². The van der Waals surface area contributed by atoms with Crippen molar-refractivity contribution in [2.75, 3.05) is 0 Å². The summed E-state index contributed by atoms with van der Waals surface area (Å²) in [5, 5.41) is 10.6. The molecule has 0 unspecified atom stereocenters. The second-order valence-electron chi connectivity index (χ2n) is 4.73. The number of nitro groups is 1. The Balaban J connectivity index is 2.18. The molecule has 19 heavy (non-hydrogen) atoms. The highest BCUT2D eigenvalue weighted by Crippen LogP contribution is 2.40. The molecule has 0 aliphatic carbocycles. The van der Waals surface area contributed by atoms with Gasteiger partial charge in [0.15, 0.2) is 0 Å². The first-order chi connectivity index (χ1) is 8.99. The van der Waals surface area contributed by atoms with Gasteiger partial charge in [0.25, 0.3) is 5.69 Å². The van der Waals surface area contributed by atoms with E-state index in [4.69, 9.17) is 0 Å². The van der Waals surface area contributed by atoms with E-state index in [1.54, 1.807) is 36.0 Å². The fourth-order valence-electron chi connectivity index (χ4n) is 1.83. The van der Waals surface area contributed by atoms with Crippen LogP contribution in [0.25, 0.3) is 0 Å². The van der Waals surface area contributed by atoms with Gasteiger partial charge >= 0.3 is 0 Å². The summed E-state index contributed by atoms with van der Waals surface area (Å²) >= 11 is 1.70. The maximum Gasteiger partial charge on any atom is 0.269 e. The van der Waals surface area contributed by atoms with Crippen molar-refractivity contribution in [2.45, 2.75) is 23.5 Å². The minimum atomic E-state index is -0.378. The highest BCUT2D eigenvalue weighted by Gasteiger charge is 2.21. The van der Waals surface area contributed by atoms with Gasteiger partial charge in [0, 0.05) is 21.8 Å². The van der Waals surface area contributed by atoms with Crippen LogP contribution >= 0.6 is 11.8 Å². The van der Waals surface area contributed by atoms with Crippen LogP contribution in [0.1, 0.15) is 19.4 Å². The maximum absolute atomic E-state index is 10.6. The Hall–Kier alpha value is -1.81. The van der Waals surface area contributed by atoms with Gasteiger partial charge in [-0.05, 0) is 31.5 Å². The fourth-order valence-corrected chi connectivity index (χ4v) is 2.94. The standard InChI is InChI=1S/C15H15NO2S/c1-15(2,12-6-4-3-5-7-12)19-14-10-8-13(9-11-14)16(17)18/h3-11H,1-2H3. The summed E-state index contributed by atoms with van der Waals surface area (Å²) in [4.78, 5) is 11.3. The molecule has 2 aromatic carbocycles. The van der Waals surface area contributed by atoms with E-state index in [1.165, 1.54) is 5.56 Å². The quantitative estimate of drug-likeness (QED) is 0.463. The van der Waals surface area contributed by atoms with Crippen LogP contribution in [0.5, 0.6) is 0 Å².